The van der Waals surface area contributed by atoms with Crippen molar-refractivity contribution in [2.24, 2.45) is 5.10 Å². The second-order valence-electron chi connectivity index (χ2n) is 5.38. The lowest BCUT2D eigenvalue weighted by molar-refractivity contribution is 0.770. The van der Waals surface area contributed by atoms with Gasteiger partial charge in [-0.05, 0) is 24.3 Å². The Kier molecular flexibility index (Phi) is 3.82. The predicted molar refractivity (Wildman–Crippen MR) is 103 cm³/mol. The maximum Gasteiger partial charge on any atom is 0.350 e. The first-order valence-corrected chi connectivity index (χ1v) is 8.47. The molecule has 2 aromatic heterocycles. The second-order valence-corrected chi connectivity index (χ2v) is 6.70. The van der Waals surface area contributed by atoms with Crippen LogP contribution in [0.5, 0.6) is 0 Å². The van der Waals surface area contributed by atoms with Crippen LogP contribution in [0.2, 0.25) is 5.02 Å². The normalized spacial score (nSPS) is 11.8. The van der Waals surface area contributed by atoms with Gasteiger partial charge in [0.15, 0.2) is 0 Å². The number of halogens is 2. The van der Waals surface area contributed by atoms with E-state index in [0.29, 0.717) is 16.1 Å². The molecule has 6 nitrogen and oxygen atoms in total. The summed E-state index contributed by atoms with van der Waals surface area (Å²) in [5.41, 5.74) is 0.936. The zero-order valence-corrected chi connectivity index (χ0v) is 14.9. The molecule has 0 bridgehead atoms. The van der Waals surface area contributed by atoms with Crippen LogP contribution in [0, 0.1) is 0 Å². The molecule has 0 fully saturated rings. The van der Waals surface area contributed by atoms with E-state index in [2.05, 4.69) is 31.0 Å². The van der Waals surface area contributed by atoms with Crippen molar-refractivity contribution in [2.45, 2.75) is 0 Å². The monoisotopic (exact) mass is 416 g/mol. The third kappa shape index (κ3) is 2.71. The van der Waals surface area contributed by atoms with Gasteiger partial charge in [0.05, 0.1) is 11.7 Å². The van der Waals surface area contributed by atoms with Gasteiger partial charge in [0.1, 0.15) is 5.52 Å². The van der Waals surface area contributed by atoms with Crippen molar-refractivity contribution in [3.05, 3.63) is 78.4 Å². The molecule has 8 heteroatoms. The van der Waals surface area contributed by atoms with Crippen LogP contribution in [0.4, 0.5) is 0 Å². The Labute approximate surface area is 153 Å². The molecule has 2 N–H and O–H groups in total. The minimum Gasteiger partial charge on any atom is -0.349 e. The number of benzene rings is 2. The molecule has 0 spiro atoms. The summed E-state index contributed by atoms with van der Waals surface area (Å²) in [6.45, 7) is 0. The Morgan fingerprint density at radius 2 is 1.88 bits per heavy atom. The van der Waals surface area contributed by atoms with Gasteiger partial charge in [-0.3, -0.25) is 4.79 Å². The van der Waals surface area contributed by atoms with Crippen molar-refractivity contribution >= 4 is 55.7 Å². The summed E-state index contributed by atoms with van der Waals surface area (Å²) in [6, 6.07) is 12.5. The molecule has 0 amide bonds. The summed E-state index contributed by atoms with van der Waals surface area (Å²) in [6.07, 6.45) is 1.38. The molecule has 0 aliphatic heterocycles. The topological polar surface area (TPSA) is 83.0 Å². The van der Waals surface area contributed by atoms with Crippen LogP contribution in [-0.4, -0.2) is 20.9 Å². The maximum atomic E-state index is 12.7. The summed E-state index contributed by atoms with van der Waals surface area (Å²) >= 11 is 9.44. The molecule has 0 saturated heterocycles. The smallest absolute Gasteiger partial charge is 0.349 e. The Morgan fingerprint density at radius 3 is 2.68 bits per heavy atom. The van der Waals surface area contributed by atoms with Crippen LogP contribution in [0.25, 0.3) is 21.9 Å². The molecular formula is C17H10BrClN4O2. The highest BCUT2D eigenvalue weighted by Crippen LogP contribution is 2.24. The Hall–Kier alpha value is -2.64. The maximum absolute atomic E-state index is 12.7. The zero-order valence-electron chi connectivity index (χ0n) is 12.6. The van der Waals surface area contributed by atoms with Crippen molar-refractivity contribution in [3.63, 3.8) is 0 Å². The van der Waals surface area contributed by atoms with Crippen LogP contribution in [-0.2, 0) is 0 Å². The lowest BCUT2D eigenvalue weighted by atomic mass is 10.2. The first-order chi connectivity index (χ1) is 12.0. The molecule has 124 valence electrons. The third-order valence-corrected chi connectivity index (χ3v) is 4.65. The first kappa shape index (κ1) is 15.9. The minimum atomic E-state index is -0.623. The van der Waals surface area contributed by atoms with Crippen molar-refractivity contribution in [2.75, 3.05) is 0 Å². The number of aromatic nitrogens is 3. The molecule has 0 radical (unpaired) electrons. The number of rotatable bonds is 2. The van der Waals surface area contributed by atoms with Crippen molar-refractivity contribution in [1.29, 1.82) is 0 Å². The summed E-state index contributed by atoms with van der Waals surface area (Å²) in [4.78, 5) is 30.7. The van der Waals surface area contributed by atoms with Gasteiger partial charge in [0.2, 0.25) is 0 Å². The number of nitrogens with one attached hydrogen (secondary N) is 2. The molecule has 0 unspecified atom stereocenters. The number of hydrogen-bond donors (Lipinski definition) is 2. The van der Waals surface area contributed by atoms with E-state index >= 15 is 0 Å². The average Bonchev–Trinajstić information content (AvgIpc) is 2.94. The van der Waals surface area contributed by atoms with Crippen LogP contribution < -0.4 is 11.2 Å². The Bertz CT molecular complexity index is 1270. The summed E-state index contributed by atoms with van der Waals surface area (Å²) in [5.74, 6) is 0. The lowest BCUT2D eigenvalue weighted by Gasteiger charge is -1.99. The number of fused-ring (bicyclic) bond motifs is 3. The standard InChI is InChI=1S/C17H10BrClN4O2/c18-10-5-6-13-11(7-10)14-15(21-13)16(24)23(17(25)22-14)20-8-9-3-1-2-4-12(9)19/h1-8,21H,(H,22,25). The van der Waals surface area contributed by atoms with E-state index in [1.807, 2.05) is 18.2 Å². The predicted octanol–water partition coefficient (Wildman–Crippen LogP) is 3.47. The molecule has 4 rings (SSSR count). The van der Waals surface area contributed by atoms with Crippen LogP contribution in [0.1, 0.15) is 5.56 Å². The number of hydrogen-bond acceptors (Lipinski definition) is 3. The van der Waals surface area contributed by atoms with Crippen molar-refractivity contribution < 1.29 is 0 Å². The van der Waals surface area contributed by atoms with Gasteiger partial charge in [-0.2, -0.15) is 5.10 Å². The van der Waals surface area contributed by atoms with Crippen LogP contribution in [0.3, 0.4) is 0 Å². The van der Waals surface area contributed by atoms with E-state index in [1.165, 1.54) is 6.21 Å². The van der Waals surface area contributed by atoms with E-state index < -0.39 is 11.2 Å². The van der Waals surface area contributed by atoms with Gasteiger partial charge in [-0.25, -0.2) is 4.79 Å². The largest absolute Gasteiger partial charge is 0.350 e. The van der Waals surface area contributed by atoms with Crippen LogP contribution in [0.15, 0.2) is 61.6 Å². The lowest BCUT2D eigenvalue weighted by Crippen LogP contribution is -2.32. The molecule has 2 heterocycles. The Balaban J connectivity index is 1.94. The molecule has 0 aliphatic carbocycles. The molecule has 0 saturated carbocycles. The molecule has 2 aromatic carbocycles. The molecular weight excluding hydrogens is 408 g/mol. The van der Waals surface area contributed by atoms with Gasteiger partial charge in [-0.15, -0.1) is 4.68 Å². The van der Waals surface area contributed by atoms with E-state index in [9.17, 15) is 9.59 Å². The average molecular weight is 418 g/mol. The Morgan fingerprint density at radius 1 is 1.08 bits per heavy atom. The SMILES string of the molecule is O=c1[nH]c2c([nH]c3ccc(Br)cc32)c(=O)n1N=Cc1ccccc1Cl. The van der Waals surface area contributed by atoms with E-state index in [-0.39, 0.29) is 5.52 Å². The molecule has 0 aliphatic rings. The van der Waals surface area contributed by atoms with Gasteiger partial charge >= 0.3 is 11.2 Å². The van der Waals surface area contributed by atoms with Gasteiger partial charge in [0.25, 0.3) is 0 Å². The quantitative estimate of drug-likeness (QED) is 0.490. The number of nitrogens with zero attached hydrogens (tertiary/aromatic N) is 2. The number of H-pyrrole nitrogens is 2. The second kappa shape index (κ2) is 6.02. The van der Waals surface area contributed by atoms with Crippen molar-refractivity contribution in [3.8, 4) is 0 Å². The first-order valence-electron chi connectivity index (χ1n) is 7.30. The summed E-state index contributed by atoms with van der Waals surface area (Å²) < 4.78 is 1.62. The van der Waals surface area contributed by atoms with Crippen LogP contribution >= 0.6 is 27.5 Å². The van der Waals surface area contributed by atoms with Gasteiger partial charge in [-0.1, -0.05) is 45.7 Å². The van der Waals surface area contributed by atoms with Gasteiger partial charge in [0, 0.05) is 26.0 Å². The molecule has 25 heavy (non-hydrogen) atoms. The highest BCUT2D eigenvalue weighted by atomic mass is 79.9. The highest BCUT2D eigenvalue weighted by Gasteiger charge is 2.12. The molecule has 4 aromatic rings. The molecule has 0 atom stereocenters. The van der Waals surface area contributed by atoms with Gasteiger partial charge < -0.3 is 9.97 Å². The van der Waals surface area contributed by atoms with E-state index in [4.69, 9.17) is 11.6 Å². The summed E-state index contributed by atoms with van der Waals surface area (Å²) in [5, 5.41) is 5.23. The number of aromatic amines is 2. The summed E-state index contributed by atoms with van der Waals surface area (Å²) in [7, 11) is 0. The zero-order chi connectivity index (χ0) is 17.6. The van der Waals surface area contributed by atoms with Crippen molar-refractivity contribution in [1.82, 2.24) is 14.6 Å². The van der Waals surface area contributed by atoms with E-state index in [1.54, 1.807) is 24.3 Å². The fourth-order valence-corrected chi connectivity index (χ4v) is 3.16. The third-order valence-electron chi connectivity index (χ3n) is 3.81. The fourth-order valence-electron chi connectivity index (χ4n) is 2.62. The highest BCUT2D eigenvalue weighted by molar-refractivity contribution is 9.10. The van der Waals surface area contributed by atoms with E-state index in [0.717, 1.165) is 20.1 Å². The fraction of sp³-hybridized carbons (Fsp3) is 0. The minimum absolute atomic E-state index is 0.281.